The molecular weight excluding hydrogens is 626 g/mol. The molecule has 3 aromatic rings. The average Bonchev–Trinajstić information content (AvgIpc) is 3.37. The van der Waals surface area contributed by atoms with Crippen LogP contribution >= 0.6 is 11.8 Å². The predicted molar refractivity (Wildman–Crippen MR) is 172 cm³/mol. The van der Waals surface area contributed by atoms with E-state index in [9.17, 15) is 18.8 Å². The second-order valence-electron chi connectivity index (χ2n) is 12.5. The number of carbonyl (C=O) groups is 3. The van der Waals surface area contributed by atoms with Crippen LogP contribution in [0, 0.1) is 23.1 Å². The zero-order valence-electron chi connectivity index (χ0n) is 26.5. The van der Waals surface area contributed by atoms with Gasteiger partial charge in [0.25, 0.3) is 5.91 Å². The number of aldehydes is 1. The molecule has 2 aliphatic rings. The summed E-state index contributed by atoms with van der Waals surface area (Å²) in [5.74, 6) is -1.45. The Hall–Kier alpha value is -4.50. The summed E-state index contributed by atoms with van der Waals surface area (Å²) < 4.78 is 40.8. The number of thioether (sulfide) groups is 1. The molecule has 47 heavy (non-hydrogen) atoms. The lowest BCUT2D eigenvalue weighted by molar-refractivity contribution is -0.155. The van der Waals surface area contributed by atoms with Crippen LogP contribution in [0.4, 0.5) is 14.5 Å². The lowest BCUT2D eigenvalue weighted by Crippen LogP contribution is -2.37. The fourth-order valence-electron chi connectivity index (χ4n) is 5.68. The Kier molecular flexibility index (Phi) is 10.4. The van der Waals surface area contributed by atoms with Crippen LogP contribution < -0.4 is 9.64 Å². The van der Waals surface area contributed by atoms with Crippen LogP contribution in [0.25, 0.3) is 0 Å². The minimum Gasteiger partial charge on any atom is -0.488 e. The van der Waals surface area contributed by atoms with Crippen molar-refractivity contribution in [2.24, 2.45) is 0 Å². The van der Waals surface area contributed by atoms with Gasteiger partial charge < -0.3 is 24.1 Å². The number of carbonyl (C=O) groups excluding carboxylic acids is 3. The summed E-state index contributed by atoms with van der Waals surface area (Å²) in [4.78, 5) is 44.8. The summed E-state index contributed by atoms with van der Waals surface area (Å²) in [6.07, 6.45) is 2.30. The van der Waals surface area contributed by atoms with Crippen molar-refractivity contribution >= 4 is 35.6 Å². The summed E-state index contributed by atoms with van der Waals surface area (Å²) in [7, 11) is 0. The Morgan fingerprint density at radius 3 is 2.60 bits per heavy atom. The van der Waals surface area contributed by atoms with E-state index in [0.29, 0.717) is 47.0 Å². The van der Waals surface area contributed by atoms with Crippen molar-refractivity contribution in [3.05, 3.63) is 82.5 Å². The molecule has 0 N–H and O–H groups in total. The van der Waals surface area contributed by atoms with Gasteiger partial charge >= 0.3 is 5.97 Å². The number of rotatable bonds is 11. The van der Waals surface area contributed by atoms with Gasteiger partial charge in [0.15, 0.2) is 0 Å². The monoisotopic (exact) mass is 662 g/mol. The molecule has 246 valence electrons. The predicted octanol–water partition coefficient (Wildman–Crippen LogP) is 6.22. The van der Waals surface area contributed by atoms with Crippen LogP contribution in [0.15, 0.2) is 53.6 Å². The van der Waals surface area contributed by atoms with Crippen LogP contribution in [0.2, 0.25) is 0 Å². The maximum absolute atomic E-state index is 15.1. The van der Waals surface area contributed by atoms with Crippen LogP contribution in [0.5, 0.6) is 5.75 Å². The van der Waals surface area contributed by atoms with Crippen molar-refractivity contribution in [3.63, 3.8) is 0 Å². The zero-order chi connectivity index (χ0) is 33.7. The Labute approximate surface area is 276 Å². The van der Waals surface area contributed by atoms with Crippen molar-refractivity contribution in [1.29, 1.82) is 5.26 Å². The van der Waals surface area contributed by atoms with Gasteiger partial charge in [-0.2, -0.15) is 9.65 Å². The lowest BCUT2D eigenvalue weighted by atomic mass is 10.1. The molecule has 0 aliphatic carbocycles. The number of hydrogen-bond acceptors (Lipinski definition) is 9. The van der Waals surface area contributed by atoms with E-state index in [2.05, 4.69) is 4.98 Å². The van der Waals surface area contributed by atoms with E-state index >= 15 is 4.39 Å². The van der Waals surface area contributed by atoms with Crippen LogP contribution in [-0.4, -0.2) is 58.0 Å². The Balaban J connectivity index is 1.15. The minimum atomic E-state index is -0.814. The zero-order valence-corrected chi connectivity index (χ0v) is 27.3. The number of amides is 1. The molecule has 2 aliphatic heterocycles. The van der Waals surface area contributed by atoms with Crippen molar-refractivity contribution in [1.82, 2.24) is 9.88 Å². The SMILES string of the molecule is CC(C)(C)OC(=O)CC[C@@H](C=O)N1Cc2c(OCc3ccc(SC4CCN(c5ccc(C#N)cc5F)CC4)nc3F)cccc2C1=O. The molecule has 0 saturated carbocycles. The first-order valence-electron chi connectivity index (χ1n) is 15.4. The molecule has 1 saturated heterocycles. The van der Waals surface area contributed by atoms with Gasteiger partial charge in [-0.05, 0) is 82.5 Å². The molecule has 12 heteroatoms. The molecule has 1 aromatic heterocycles. The van der Waals surface area contributed by atoms with Crippen molar-refractivity contribution in [2.45, 2.75) is 81.5 Å². The van der Waals surface area contributed by atoms with E-state index in [1.54, 1.807) is 63.2 Å². The summed E-state index contributed by atoms with van der Waals surface area (Å²) in [5.41, 5.74) is 1.35. The van der Waals surface area contributed by atoms with Gasteiger partial charge in [-0.15, -0.1) is 11.8 Å². The number of fused-ring (bicyclic) bond motifs is 1. The highest BCUT2D eigenvalue weighted by atomic mass is 32.2. The molecule has 0 spiro atoms. The Morgan fingerprint density at radius 1 is 1.17 bits per heavy atom. The Bertz CT molecular complexity index is 1700. The highest BCUT2D eigenvalue weighted by Gasteiger charge is 2.35. The van der Waals surface area contributed by atoms with E-state index in [4.69, 9.17) is 14.7 Å². The van der Waals surface area contributed by atoms with E-state index in [-0.39, 0.29) is 48.3 Å². The standard InChI is InChI=1S/C35H36F2N4O5S/c1-35(2,3)46-32(43)12-9-24(20-42)41-19-27-26(34(41)44)5-4-6-30(27)45-21-23-8-11-31(39-33(23)37)47-25-13-15-40(16-14-25)29-10-7-22(18-38)17-28(29)36/h4-8,10-11,17,20,24-25H,9,12-16,19,21H2,1-3H3/t24-/m0/s1. The fraction of sp³-hybridized carbons (Fsp3) is 0.400. The fourth-order valence-corrected chi connectivity index (χ4v) is 6.75. The van der Waals surface area contributed by atoms with E-state index < -0.39 is 29.4 Å². The highest BCUT2D eigenvalue weighted by Crippen LogP contribution is 2.35. The summed E-state index contributed by atoms with van der Waals surface area (Å²) >= 11 is 1.48. The smallest absolute Gasteiger partial charge is 0.306 e. The van der Waals surface area contributed by atoms with Crippen molar-refractivity contribution < 1.29 is 32.6 Å². The highest BCUT2D eigenvalue weighted by molar-refractivity contribution is 7.99. The normalized spacial score (nSPS) is 15.6. The van der Waals surface area contributed by atoms with Gasteiger partial charge in [0.2, 0.25) is 5.95 Å². The third-order valence-electron chi connectivity index (χ3n) is 8.00. The van der Waals surface area contributed by atoms with Gasteiger partial charge in [0.05, 0.1) is 34.9 Å². The molecule has 0 radical (unpaired) electrons. The number of pyridine rings is 1. The minimum absolute atomic E-state index is 0.0114. The van der Waals surface area contributed by atoms with Gasteiger partial charge in [-0.25, -0.2) is 9.37 Å². The van der Waals surface area contributed by atoms with Gasteiger partial charge in [0.1, 0.15) is 30.1 Å². The maximum atomic E-state index is 15.1. The Morgan fingerprint density at radius 2 is 1.94 bits per heavy atom. The lowest BCUT2D eigenvalue weighted by Gasteiger charge is -2.33. The molecule has 1 amide bonds. The van der Waals surface area contributed by atoms with E-state index in [1.807, 2.05) is 11.0 Å². The average molecular weight is 663 g/mol. The molecule has 1 atom stereocenters. The van der Waals surface area contributed by atoms with Crippen molar-refractivity contribution in [2.75, 3.05) is 18.0 Å². The van der Waals surface area contributed by atoms with Crippen LogP contribution in [0.3, 0.4) is 0 Å². The number of ether oxygens (including phenoxy) is 2. The first-order valence-corrected chi connectivity index (χ1v) is 16.3. The third kappa shape index (κ3) is 8.27. The summed E-state index contributed by atoms with van der Waals surface area (Å²) in [6, 6.07) is 14.0. The van der Waals surface area contributed by atoms with E-state index in [0.717, 1.165) is 12.8 Å². The first kappa shape index (κ1) is 33.9. The second-order valence-corrected chi connectivity index (χ2v) is 13.8. The number of piperidine rings is 1. The quantitative estimate of drug-likeness (QED) is 0.134. The number of esters is 1. The number of nitriles is 1. The molecule has 2 aromatic carbocycles. The van der Waals surface area contributed by atoms with Gasteiger partial charge in [-0.1, -0.05) is 6.07 Å². The number of benzene rings is 2. The maximum Gasteiger partial charge on any atom is 0.306 e. The number of anilines is 1. The molecule has 0 unspecified atom stereocenters. The number of halogens is 2. The van der Waals surface area contributed by atoms with Crippen LogP contribution in [-0.2, 0) is 27.5 Å². The number of nitrogens with zero attached hydrogens (tertiary/aromatic N) is 4. The summed E-state index contributed by atoms with van der Waals surface area (Å²) in [5, 5.41) is 9.71. The van der Waals surface area contributed by atoms with E-state index in [1.165, 1.54) is 22.7 Å². The van der Waals surface area contributed by atoms with Gasteiger partial charge in [-0.3, -0.25) is 9.59 Å². The van der Waals surface area contributed by atoms with Crippen molar-refractivity contribution in [3.8, 4) is 11.8 Å². The first-order chi connectivity index (χ1) is 22.5. The molecule has 3 heterocycles. The third-order valence-corrected chi connectivity index (χ3v) is 9.28. The number of aromatic nitrogens is 1. The molecule has 5 rings (SSSR count). The molecule has 1 fully saturated rings. The molecule has 9 nitrogen and oxygen atoms in total. The summed E-state index contributed by atoms with van der Waals surface area (Å²) in [6.45, 7) is 6.55. The second kappa shape index (κ2) is 14.5. The molecule has 0 bridgehead atoms. The topological polar surface area (TPSA) is 113 Å². The number of hydrogen-bond donors (Lipinski definition) is 0. The molecular formula is C35H36F2N4O5S. The van der Waals surface area contributed by atoms with Gasteiger partial charge in [0, 0.05) is 41.5 Å². The largest absolute Gasteiger partial charge is 0.488 e. The van der Waals surface area contributed by atoms with Crippen LogP contribution in [0.1, 0.15) is 73.5 Å².